The Morgan fingerprint density at radius 1 is 1.21 bits per heavy atom. The summed E-state index contributed by atoms with van der Waals surface area (Å²) in [6, 6.07) is 22.3. The molecule has 172 valence electrons. The van der Waals surface area contributed by atoms with Crippen LogP contribution in [0, 0.1) is 0 Å². The first-order chi connectivity index (χ1) is 16.5. The van der Waals surface area contributed by atoms with Gasteiger partial charge < -0.3 is 9.84 Å². The Kier molecular flexibility index (Phi) is 7.61. The van der Waals surface area contributed by atoms with Gasteiger partial charge in [-0.05, 0) is 59.8 Å². The van der Waals surface area contributed by atoms with Gasteiger partial charge in [-0.2, -0.15) is 9.67 Å². The molecule has 10 heteroatoms. The molecule has 34 heavy (non-hydrogen) atoms. The molecule has 4 aromatic rings. The number of aromatic nitrogens is 3. The number of aromatic amines is 1. The third-order valence-electron chi connectivity index (χ3n) is 4.73. The normalized spacial score (nSPS) is 11.0. The molecule has 0 spiro atoms. The molecular formula is C24H20BrN5O3S. The SMILES string of the molecule is COc1cc(C=NNC(=O)CSc2n[nH]c(-c3ccccc3)[n+]2-c2ccc(Br)cc2)ccc1[O-]. The summed E-state index contributed by atoms with van der Waals surface area (Å²) in [6.07, 6.45) is 1.45. The third kappa shape index (κ3) is 5.64. The van der Waals surface area contributed by atoms with Crippen LogP contribution < -0.4 is 19.8 Å². The number of benzene rings is 3. The van der Waals surface area contributed by atoms with Crippen LogP contribution in [0.4, 0.5) is 0 Å². The number of carbonyl (C=O) groups is 1. The van der Waals surface area contributed by atoms with Crippen molar-refractivity contribution in [3.8, 4) is 28.6 Å². The maximum atomic E-state index is 12.4. The fraction of sp³-hybridized carbons (Fsp3) is 0.0833. The van der Waals surface area contributed by atoms with Crippen LogP contribution in [0.5, 0.6) is 11.5 Å². The van der Waals surface area contributed by atoms with Gasteiger partial charge in [0.15, 0.2) is 0 Å². The maximum Gasteiger partial charge on any atom is 0.342 e. The number of nitrogens with zero attached hydrogens (tertiary/aromatic N) is 3. The summed E-state index contributed by atoms with van der Waals surface area (Å²) >= 11 is 4.75. The fourth-order valence-corrected chi connectivity index (χ4v) is 4.14. The van der Waals surface area contributed by atoms with Gasteiger partial charge in [-0.25, -0.2) is 5.43 Å². The topological polar surface area (TPSA) is 106 Å². The standard InChI is InChI=1S/C24H20BrN5O3S/c1-33-21-13-16(7-12-20(21)31)14-26-27-22(32)15-34-24-29-28-23(17-5-3-2-4-6-17)30(24)19-10-8-18(25)9-11-19/h2-14H,15H2,1H3,(H2,26,27,31,32). The minimum absolute atomic E-state index is 0.107. The maximum absolute atomic E-state index is 12.4. The lowest BCUT2D eigenvalue weighted by atomic mass is 10.2. The summed E-state index contributed by atoms with van der Waals surface area (Å²) < 4.78 is 7.95. The van der Waals surface area contributed by atoms with Crippen molar-refractivity contribution in [3.63, 3.8) is 0 Å². The van der Waals surface area contributed by atoms with Gasteiger partial charge >= 0.3 is 5.16 Å². The van der Waals surface area contributed by atoms with E-state index in [4.69, 9.17) is 4.74 Å². The van der Waals surface area contributed by atoms with Crippen molar-refractivity contribution in [3.05, 3.63) is 82.8 Å². The highest BCUT2D eigenvalue weighted by Crippen LogP contribution is 2.23. The Hall–Kier alpha value is -3.63. The number of carbonyl (C=O) groups excluding carboxylic acids is 1. The lowest BCUT2D eigenvalue weighted by Gasteiger charge is -2.11. The summed E-state index contributed by atoms with van der Waals surface area (Å²) in [6.45, 7) is 0. The molecule has 1 aromatic heterocycles. The van der Waals surface area contributed by atoms with Gasteiger partial charge in [0, 0.05) is 4.47 Å². The van der Waals surface area contributed by atoms with Crippen LogP contribution >= 0.6 is 27.7 Å². The largest absolute Gasteiger partial charge is 0.870 e. The molecule has 0 aliphatic rings. The first kappa shape index (κ1) is 23.5. The zero-order valence-electron chi connectivity index (χ0n) is 18.1. The second-order valence-corrected chi connectivity index (χ2v) is 8.88. The van der Waals surface area contributed by atoms with Crippen molar-refractivity contribution in [1.29, 1.82) is 0 Å². The van der Waals surface area contributed by atoms with Gasteiger partial charge in [0.1, 0.15) is 11.4 Å². The molecule has 8 nitrogen and oxygen atoms in total. The third-order valence-corrected chi connectivity index (χ3v) is 6.19. The number of ether oxygens (including phenoxy) is 1. The van der Waals surface area contributed by atoms with Crippen LogP contribution in [0.3, 0.4) is 0 Å². The molecule has 0 aliphatic heterocycles. The van der Waals surface area contributed by atoms with Crippen molar-refractivity contribution >= 4 is 39.8 Å². The molecule has 0 fully saturated rings. The van der Waals surface area contributed by atoms with E-state index < -0.39 is 0 Å². The molecule has 0 saturated heterocycles. The van der Waals surface area contributed by atoms with Crippen LogP contribution in [0.25, 0.3) is 17.1 Å². The lowest BCUT2D eigenvalue weighted by molar-refractivity contribution is -0.625. The zero-order chi connectivity index (χ0) is 23.9. The van der Waals surface area contributed by atoms with Crippen LogP contribution in [0.2, 0.25) is 0 Å². The predicted octanol–water partition coefficient (Wildman–Crippen LogP) is 3.44. The van der Waals surface area contributed by atoms with E-state index in [1.807, 2.05) is 59.2 Å². The summed E-state index contributed by atoms with van der Waals surface area (Å²) in [5, 5.41) is 23.7. The number of hydrogen-bond donors (Lipinski definition) is 2. The van der Waals surface area contributed by atoms with E-state index in [0.29, 0.717) is 10.7 Å². The smallest absolute Gasteiger partial charge is 0.342 e. The van der Waals surface area contributed by atoms with E-state index in [1.165, 1.54) is 31.2 Å². The summed E-state index contributed by atoms with van der Waals surface area (Å²) in [7, 11) is 1.43. The van der Waals surface area contributed by atoms with Crippen LogP contribution in [-0.4, -0.2) is 35.2 Å². The minimum Gasteiger partial charge on any atom is -0.870 e. The van der Waals surface area contributed by atoms with Crippen molar-refractivity contribution < 1.29 is 19.2 Å². The number of rotatable bonds is 8. The Morgan fingerprint density at radius 2 is 1.97 bits per heavy atom. The van der Waals surface area contributed by atoms with Gasteiger partial charge in [-0.15, -0.1) is 5.10 Å². The Balaban J connectivity index is 1.48. The monoisotopic (exact) mass is 537 g/mol. The van der Waals surface area contributed by atoms with Gasteiger partial charge in [0.05, 0.1) is 29.7 Å². The Labute approximate surface area is 208 Å². The van der Waals surface area contributed by atoms with Crippen molar-refractivity contribution in [2.24, 2.45) is 5.10 Å². The van der Waals surface area contributed by atoms with Crippen molar-refractivity contribution in [2.75, 3.05) is 12.9 Å². The van der Waals surface area contributed by atoms with Crippen LogP contribution in [0.1, 0.15) is 5.56 Å². The van der Waals surface area contributed by atoms with E-state index in [2.05, 4.69) is 36.7 Å². The molecule has 0 radical (unpaired) electrons. The second-order valence-electron chi connectivity index (χ2n) is 7.02. The predicted molar refractivity (Wildman–Crippen MR) is 132 cm³/mol. The van der Waals surface area contributed by atoms with E-state index in [0.717, 1.165) is 21.5 Å². The van der Waals surface area contributed by atoms with Gasteiger partial charge in [-0.1, -0.05) is 52.0 Å². The number of nitrogens with one attached hydrogen (secondary N) is 2. The molecule has 3 aromatic carbocycles. The molecule has 0 unspecified atom stereocenters. The molecule has 0 bridgehead atoms. The van der Waals surface area contributed by atoms with Crippen LogP contribution in [0.15, 0.2) is 87.5 Å². The molecule has 0 atom stereocenters. The fourth-order valence-electron chi connectivity index (χ4n) is 3.12. The highest BCUT2D eigenvalue weighted by atomic mass is 79.9. The highest BCUT2D eigenvalue weighted by Gasteiger charge is 2.24. The minimum atomic E-state index is -0.291. The highest BCUT2D eigenvalue weighted by molar-refractivity contribution is 9.10. The van der Waals surface area contributed by atoms with Gasteiger partial charge in [-0.3, -0.25) is 4.79 Å². The van der Waals surface area contributed by atoms with Gasteiger partial charge in [0.25, 0.3) is 11.7 Å². The van der Waals surface area contributed by atoms with E-state index >= 15 is 0 Å². The number of amides is 1. The first-order valence-electron chi connectivity index (χ1n) is 10.2. The van der Waals surface area contributed by atoms with Crippen molar-refractivity contribution in [2.45, 2.75) is 5.16 Å². The Morgan fingerprint density at radius 3 is 2.71 bits per heavy atom. The van der Waals surface area contributed by atoms with E-state index in [-0.39, 0.29) is 23.2 Å². The number of H-pyrrole nitrogens is 1. The summed E-state index contributed by atoms with van der Waals surface area (Å²) in [5.41, 5.74) is 5.01. The average molecular weight is 538 g/mol. The number of hydrazone groups is 1. The quantitative estimate of drug-likeness (QED) is 0.155. The number of halogens is 1. The number of methoxy groups -OCH3 is 1. The molecule has 0 aliphatic carbocycles. The molecular weight excluding hydrogens is 518 g/mol. The molecule has 0 saturated carbocycles. The zero-order valence-corrected chi connectivity index (χ0v) is 20.5. The summed E-state index contributed by atoms with van der Waals surface area (Å²) in [5.74, 6) is 0.625. The second kappa shape index (κ2) is 11.0. The first-order valence-corrected chi connectivity index (χ1v) is 11.9. The van der Waals surface area contributed by atoms with E-state index in [1.54, 1.807) is 12.1 Å². The molecule has 4 rings (SSSR count). The molecule has 2 N–H and O–H groups in total. The number of thioether (sulfide) groups is 1. The molecule has 1 amide bonds. The lowest BCUT2D eigenvalue weighted by Crippen LogP contribution is -2.34. The Bertz CT molecular complexity index is 1310. The number of hydrogen-bond acceptors (Lipinski definition) is 6. The van der Waals surface area contributed by atoms with E-state index in [9.17, 15) is 9.90 Å². The van der Waals surface area contributed by atoms with Crippen LogP contribution in [-0.2, 0) is 4.79 Å². The summed E-state index contributed by atoms with van der Waals surface area (Å²) in [4.78, 5) is 12.4. The van der Waals surface area contributed by atoms with Crippen molar-refractivity contribution in [1.82, 2.24) is 15.6 Å². The molecule has 1 heterocycles. The van der Waals surface area contributed by atoms with Gasteiger partial charge in [0.2, 0.25) is 0 Å². The average Bonchev–Trinajstić information content (AvgIpc) is 3.29.